The molecule has 1 amide bonds. The molecule has 0 saturated heterocycles. The number of halogens is 2. The molecule has 0 unspecified atom stereocenters. The van der Waals surface area contributed by atoms with Gasteiger partial charge in [-0.15, -0.1) is 11.3 Å². The molecule has 0 aliphatic heterocycles. The summed E-state index contributed by atoms with van der Waals surface area (Å²) in [6, 6.07) is 1.83. The Hall–Kier alpha value is -0.290. The van der Waals surface area contributed by atoms with Gasteiger partial charge in [-0.3, -0.25) is 4.79 Å². The van der Waals surface area contributed by atoms with E-state index in [9.17, 15) is 4.79 Å². The van der Waals surface area contributed by atoms with Crippen molar-refractivity contribution in [2.24, 2.45) is 0 Å². The Labute approximate surface area is 108 Å². The van der Waals surface area contributed by atoms with E-state index >= 15 is 0 Å². The summed E-state index contributed by atoms with van der Waals surface area (Å²) in [6.07, 6.45) is 1.91. The second-order valence-electron chi connectivity index (χ2n) is 3.28. The molecule has 0 radical (unpaired) electrons. The van der Waals surface area contributed by atoms with Crippen LogP contribution in [-0.4, -0.2) is 24.2 Å². The Balaban J connectivity index is 2.25. The van der Waals surface area contributed by atoms with Crippen LogP contribution in [0, 0.1) is 0 Å². The zero-order valence-corrected chi connectivity index (χ0v) is 11.0. The van der Waals surface area contributed by atoms with E-state index in [0.29, 0.717) is 21.6 Å². The third-order valence-electron chi connectivity index (χ3n) is 2.01. The first-order valence-corrected chi connectivity index (χ1v) is 6.52. The molecule has 1 heterocycles. The molecule has 0 fully saturated rings. The van der Waals surface area contributed by atoms with Crippen molar-refractivity contribution in [1.82, 2.24) is 5.32 Å². The van der Waals surface area contributed by atoms with Gasteiger partial charge in [-0.1, -0.05) is 23.2 Å². The number of nitrogens with one attached hydrogen (secondary N) is 1. The molecule has 0 aliphatic rings. The SMILES string of the molecule is O=C(CCCc1cc(Cl)sc1Cl)NCCO. The molecular formula is C10H13Cl2NO2S. The van der Waals surface area contributed by atoms with Gasteiger partial charge < -0.3 is 10.4 Å². The molecule has 1 rings (SSSR count). The van der Waals surface area contributed by atoms with Crippen molar-refractivity contribution in [3.8, 4) is 0 Å². The van der Waals surface area contributed by atoms with Gasteiger partial charge in [-0.25, -0.2) is 0 Å². The van der Waals surface area contributed by atoms with E-state index in [-0.39, 0.29) is 12.5 Å². The first kappa shape index (κ1) is 13.8. The number of thiophene rings is 1. The quantitative estimate of drug-likeness (QED) is 0.842. The predicted molar refractivity (Wildman–Crippen MR) is 67.4 cm³/mol. The van der Waals surface area contributed by atoms with Crippen LogP contribution in [0.25, 0.3) is 0 Å². The molecule has 0 saturated carbocycles. The zero-order chi connectivity index (χ0) is 12.0. The van der Waals surface area contributed by atoms with Crippen molar-refractivity contribution in [2.75, 3.05) is 13.2 Å². The van der Waals surface area contributed by atoms with Crippen molar-refractivity contribution in [1.29, 1.82) is 0 Å². The van der Waals surface area contributed by atoms with Crippen molar-refractivity contribution in [3.63, 3.8) is 0 Å². The van der Waals surface area contributed by atoms with Crippen LogP contribution in [0.4, 0.5) is 0 Å². The fourth-order valence-corrected chi connectivity index (χ4v) is 2.81. The second kappa shape index (κ2) is 7.12. The van der Waals surface area contributed by atoms with Gasteiger partial charge in [0.15, 0.2) is 0 Å². The highest BCUT2D eigenvalue weighted by molar-refractivity contribution is 7.20. The van der Waals surface area contributed by atoms with Crippen molar-refractivity contribution in [3.05, 3.63) is 20.3 Å². The molecule has 0 bridgehead atoms. The van der Waals surface area contributed by atoms with Crippen LogP contribution in [0.3, 0.4) is 0 Å². The topological polar surface area (TPSA) is 49.3 Å². The van der Waals surface area contributed by atoms with Crippen LogP contribution >= 0.6 is 34.5 Å². The number of aliphatic hydroxyl groups excluding tert-OH is 1. The first-order valence-electron chi connectivity index (χ1n) is 4.94. The molecule has 16 heavy (non-hydrogen) atoms. The van der Waals surface area contributed by atoms with E-state index < -0.39 is 0 Å². The smallest absolute Gasteiger partial charge is 0.220 e. The largest absolute Gasteiger partial charge is 0.395 e. The standard InChI is InChI=1S/C10H13Cl2NO2S/c11-8-6-7(10(12)16-8)2-1-3-9(15)13-4-5-14/h6,14H,1-5H2,(H,13,15). The maximum atomic E-state index is 11.2. The summed E-state index contributed by atoms with van der Waals surface area (Å²) in [5, 5.41) is 11.1. The van der Waals surface area contributed by atoms with Gasteiger partial charge in [-0.05, 0) is 24.5 Å². The fourth-order valence-electron chi connectivity index (χ4n) is 1.27. The highest BCUT2D eigenvalue weighted by Crippen LogP contribution is 2.31. The van der Waals surface area contributed by atoms with E-state index in [2.05, 4.69) is 5.32 Å². The van der Waals surface area contributed by atoms with Gasteiger partial charge in [0.1, 0.15) is 0 Å². The van der Waals surface area contributed by atoms with E-state index in [1.165, 1.54) is 11.3 Å². The summed E-state index contributed by atoms with van der Waals surface area (Å²) in [5.41, 5.74) is 0.992. The van der Waals surface area contributed by atoms with Gasteiger partial charge in [0.25, 0.3) is 0 Å². The molecule has 3 nitrogen and oxygen atoms in total. The number of rotatable bonds is 6. The second-order valence-corrected chi connectivity index (χ2v) is 5.56. The lowest BCUT2D eigenvalue weighted by molar-refractivity contribution is -0.121. The summed E-state index contributed by atoms with van der Waals surface area (Å²) >= 11 is 13.1. The Morgan fingerprint density at radius 1 is 1.50 bits per heavy atom. The number of carbonyl (C=O) groups is 1. The predicted octanol–water partition coefficient (Wildman–Crippen LogP) is 2.49. The molecule has 0 atom stereocenters. The van der Waals surface area contributed by atoms with Gasteiger partial charge in [0.2, 0.25) is 5.91 Å². The molecule has 2 N–H and O–H groups in total. The number of aliphatic hydroxyl groups is 1. The summed E-state index contributed by atoms with van der Waals surface area (Å²) in [4.78, 5) is 11.2. The van der Waals surface area contributed by atoms with E-state index in [1.54, 1.807) is 0 Å². The summed E-state index contributed by atoms with van der Waals surface area (Å²) in [5.74, 6) is -0.0495. The summed E-state index contributed by atoms with van der Waals surface area (Å²) in [6.45, 7) is 0.279. The van der Waals surface area contributed by atoms with Crippen LogP contribution in [-0.2, 0) is 11.2 Å². The van der Waals surface area contributed by atoms with Gasteiger partial charge in [0.05, 0.1) is 15.3 Å². The molecule has 90 valence electrons. The number of hydrogen-bond acceptors (Lipinski definition) is 3. The maximum Gasteiger partial charge on any atom is 0.220 e. The van der Waals surface area contributed by atoms with E-state index in [1.807, 2.05) is 6.07 Å². The summed E-state index contributed by atoms with van der Waals surface area (Å²) < 4.78 is 1.37. The van der Waals surface area contributed by atoms with Crippen LogP contribution in [0.1, 0.15) is 18.4 Å². The summed E-state index contributed by atoms with van der Waals surface area (Å²) in [7, 11) is 0. The minimum absolute atomic E-state index is 0.0301. The minimum Gasteiger partial charge on any atom is -0.395 e. The highest BCUT2D eigenvalue weighted by atomic mass is 35.5. The van der Waals surface area contributed by atoms with Crippen LogP contribution < -0.4 is 5.32 Å². The Morgan fingerprint density at radius 3 is 2.81 bits per heavy atom. The Bertz CT molecular complexity index is 355. The fraction of sp³-hybridized carbons (Fsp3) is 0.500. The van der Waals surface area contributed by atoms with Crippen LogP contribution in [0.2, 0.25) is 8.67 Å². The van der Waals surface area contributed by atoms with Crippen LogP contribution in [0.5, 0.6) is 0 Å². The van der Waals surface area contributed by atoms with Crippen molar-refractivity contribution in [2.45, 2.75) is 19.3 Å². The average Bonchev–Trinajstić information content (AvgIpc) is 2.55. The van der Waals surface area contributed by atoms with Gasteiger partial charge in [-0.2, -0.15) is 0 Å². The third kappa shape index (κ3) is 4.70. The number of hydrogen-bond donors (Lipinski definition) is 2. The van der Waals surface area contributed by atoms with Gasteiger partial charge in [0, 0.05) is 13.0 Å². The monoisotopic (exact) mass is 281 g/mol. The molecular weight excluding hydrogens is 269 g/mol. The van der Waals surface area contributed by atoms with E-state index in [0.717, 1.165) is 18.4 Å². The van der Waals surface area contributed by atoms with E-state index in [4.69, 9.17) is 28.3 Å². The Kier molecular flexibility index (Phi) is 6.13. The lowest BCUT2D eigenvalue weighted by Gasteiger charge is -2.02. The van der Waals surface area contributed by atoms with Gasteiger partial charge >= 0.3 is 0 Å². The molecule has 0 aromatic carbocycles. The van der Waals surface area contributed by atoms with Crippen molar-refractivity contribution < 1.29 is 9.90 Å². The normalized spacial score (nSPS) is 10.4. The first-order chi connectivity index (χ1) is 7.63. The Morgan fingerprint density at radius 2 is 2.25 bits per heavy atom. The zero-order valence-electron chi connectivity index (χ0n) is 8.63. The lowest BCUT2D eigenvalue weighted by Crippen LogP contribution is -2.26. The molecule has 1 aromatic rings. The number of amides is 1. The lowest BCUT2D eigenvalue weighted by atomic mass is 10.1. The average molecular weight is 282 g/mol. The molecule has 0 aliphatic carbocycles. The van der Waals surface area contributed by atoms with Crippen LogP contribution in [0.15, 0.2) is 6.07 Å². The molecule has 6 heteroatoms. The third-order valence-corrected chi connectivity index (χ3v) is 3.58. The number of carbonyl (C=O) groups excluding carboxylic acids is 1. The maximum absolute atomic E-state index is 11.2. The highest BCUT2D eigenvalue weighted by Gasteiger charge is 2.07. The molecule has 0 spiro atoms. The van der Waals surface area contributed by atoms with Crippen molar-refractivity contribution >= 4 is 40.4 Å². The minimum atomic E-state index is -0.0495. The number of aryl methyl sites for hydroxylation is 1. The molecule has 1 aromatic heterocycles.